The number of halogens is 1. The van der Waals surface area contributed by atoms with Crippen LogP contribution in [0.25, 0.3) is 11.1 Å². The molecule has 1 saturated heterocycles. The molecular weight excluding hydrogens is 352 g/mol. The zero-order chi connectivity index (χ0) is 15.5. The molecule has 2 aromatic rings. The summed E-state index contributed by atoms with van der Waals surface area (Å²) in [5.41, 5.74) is 2.15. The van der Waals surface area contributed by atoms with Crippen LogP contribution in [0.4, 0.5) is 0 Å². The molecule has 0 spiro atoms. The molecule has 2 aromatic heterocycles. The van der Waals surface area contributed by atoms with Gasteiger partial charge < -0.3 is 23.8 Å². The molecule has 120 valence electrons. The fourth-order valence-corrected chi connectivity index (χ4v) is 3.12. The fourth-order valence-electron chi connectivity index (χ4n) is 2.73. The van der Waals surface area contributed by atoms with E-state index in [1.165, 1.54) is 0 Å². The summed E-state index contributed by atoms with van der Waals surface area (Å²) in [5.74, 6) is -0.117. The maximum absolute atomic E-state index is 12.5. The van der Waals surface area contributed by atoms with Gasteiger partial charge in [0, 0.05) is 38.9 Å². The zero-order valence-electron chi connectivity index (χ0n) is 12.4. The number of carbonyl (C=O) groups excluding carboxylic acids is 1. The Bertz CT molecular complexity index is 658. The molecule has 22 heavy (non-hydrogen) atoms. The van der Waals surface area contributed by atoms with E-state index in [1.807, 2.05) is 10.6 Å². The van der Waals surface area contributed by atoms with Gasteiger partial charge in [-0.25, -0.2) is 0 Å². The highest BCUT2D eigenvalue weighted by Crippen LogP contribution is 2.27. The summed E-state index contributed by atoms with van der Waals surface area (Å²) in [7, 11) is 1.64. The van der Waals surface area contributed by atoms with E-state index in [0.29, 0.717) is 35.6 Å². The fraction of sp³-hybridized carbons (Fsp3) is 0.533. The standard InChI is InChI=1S/C15H19BrN2O4/c1-20-6-4-18-11-8-14(16)22-13(11)7-12(18)15(19)17-9-10-3-2-5-21-10/h7-8,10H,2-6,9H2,1H3,(H,17,19). The molecule has 3 rings (SSSR count). The number of hydrogen-bond donors (Lipinski definition) is 1. The van der Waals surface area contributed by atoms with Crippen molar-refractivity contribution < 1.29 is 18.7 Å². The van der Waals surface area contributed by atoms with E-state index >= 15 is 0 Å². The second-order valence-corrected chi connectivity index (χ2v) is 6.10. The van der Waals surface area contributed by atoms with Gasteiger partial charge in [-0.1, -0.05) is 0 Å². The molecule has 6 nitrogen and oxygen atoms in total. The molecular formula is C15H19BrN2O4. The lowest BCUT2D eigenvalue weighted by Gasteiger charge is -2.12. The molecule has 0 aliphatic carbocycles. The van der Waals surface area contributed by atoms with E-state index in [0.717, 1.165) is 25.0 Å². The Morgan fingerprint density at radius 3 is 3.14 bits per heavy atom. The average Bonchev–Trinajstić information content (AvgIpc) is 3.19. The van der Waals surface area contributed by atoms with E-state index < -0.39 is 0 Å². The van der Waals surface area contributed by atoms with Gasteiger partial charge >= 0.3 is 0 Å². The second kappa shape index (κ2) is 6.85. The van der Waals surface area contributed by atoms with Gasteiger partial charge in [0.25, 0.3) is 5.91 Å². The number of nitrogens with zero attached hydrogens (tertiary/aromatic N) is 1. The van der Waals surface area contributed by atoms with Crippen molar-refractivity contribution in [2.75, 3.05) is 26.9 Å². The summed E-state index contributed by atoms with van der Waals surface area (Å²) in [6.45, 7) is 2.44. The van der Waals surface area contributed by atoms with Crippen LogP contribution in [0.15, 0.2) is 21.2 Å². The Morgan fingerprint density at radius 2 is 2.41 bits per heavy atom. The smallest absolute Gasteiger partial charge is 0.268 e. The minimum atomic E-state index is -0.117. The van der Waals surface area contributed by atoms with Crippen molar-refractivity contribution in [1.29, 1.82) is 0 Å². The number of ether oxygens (including phenoxy) is 2. The lowest BCUT2D eigenvalue weighted by atomic mass is 10.2. The highest BCUT2D eigenvalue weighted by atomic mass is 79.9. The third-order valence-corrected chi connectivity index (χ3v) is 4.22. The summed E-state index contributed by atoms with van der Waals surface area (Å²) in [4.78, 5) is 12.5. The van der Waals surface area contributed by atoms with Crippen molar-refractivity contribution in [2.45, 2.75) is 25.5 Å². The summed E-state index contributed by atoms with van der Waals surface area (Å²) in [6, 6.07) is 3.63. The molecule has 1 unspecified atom stereocenters. The first kappa shape index (κ1) is 15.6. The largest absolute Gasteiger partial charge is 0.448 e. The number of carbonyl (C=O) groups is 1. The van der Waals surface area contributed by atoms with E-state index in [1.54, 1.807) is 13.2 Å². The van der Waals surface area contributed by atoms with E-state index in [9.17, 15) is 4.79 Å². The number of furan rings is 1. The first-order valence-corrected chi connectivity index (χ1v) is 8.15. The van der Waals surface area contributed by atoms with Gasteiger partial charge in [0.2, 0.25) is 0 Å². The van der Waals surface area contributed by atoms with Crippen LogP contribution in [0.5, 0.6) is 0 Å². The number of rotatable bonds is 6. The molecule has 0 radical (unpaired) electrons. The monoisotopic (exact) mass is 370 g/mol. The third-order valence-electron chi connectivity index (χ3n) is 3.83. The van der Waals surface area contributed by atoms with Gasteiger partial charge in [0.1, 0.15) is 5.69 Å². The van der Waals surface area contributed by atoms with Crippen molar-refractivity contribution in [3.63, 3.8) is 0 Å². The first-order valence-electron chi connectivity index (χ1n) is 7.36. The molecule has 3 heterocycles. The molecule has 1 atom stereocenters. The Balaban J connectivity index is 1.78. The number of amides is 1. The van der Waals surface area contributed by atoms with Crippen LogP contribution in [0.2, 0.25) is 0 Å². The lowest BCUT2D eigenvalue weighted by molar-refractivity contribution is 0.0848. The Kier molecular flexibility index (Phi) is 4.85. The van der Waals surface area contributed by atoms with Crippen molar-refractivity contribution in [3.05, 3.63) is 22.5 Å². The molecule has 1 fully saturated rings. The average molecular weight is 371 g/mol. The number of fused-ring (bicyclic) bond motifs is 1. The molecule has 1 amide bonds. The molecule has 7 heteroatoms. The summed E-state index contributed by atoms with van der Waals surface area (Å²) in [6.07, 6.45) is 2.19. The Morgan fingerprint density at radius 1 is 1.55 bits per heavy atom. The van der Waals surface area contributed by atoms with Gasteiger partial charge in [0.05, 0.1) is 18.2 Å². The summed E-state index contributed by atoms with van der Waals surface area (Å²) < 4.78 is 18.8. The first-order chi connectivity index (χ1) is 10.7. The zero-order valence-corrected chi connectivity index (χ0v) is 14.0. The number of methoxy groups -OCH3 is 1. The number of aromatic nitrogens is 1. The molecule has 1 aliphatic rings. The van der Waals surface area contributed by atoms with Crippen molar-refractivity contribution >= 4 is 32.9 Å². The van der Waals surface area contributed by atoms with Crippen LogP contribution >= 0.6 is 15.9 Å². The van der Waals surface area contributed by atoms with Crippen LogP contribution in [-0.2, 0) is 16.0 Å². The van der Waals surface area contributed by atoms with E-state index in [-0.39, 0.29) is 12.0 Å². The Labute approximate surface area is 136 Å². The van der Waals surface area contributed by atoms with Gasteiger partial charge in [0.15, 0.2) is 10.3 Å². The highest BCUT2D eigenvalue weighted by molar-refractivity contribution is 9.10. The number of hydrogen-bond acceptors (Lipinski definition) is 4. The predicted octanol–water partition coefficient (Wildman–Crippen LogP) is 2.55. The molecule has 1 N–H and O–H groups in total. The highest BCUT2D eigenvalue weighted by Gasteiger charge is 2.21. The molecule has 0 bridgehead atoms. The topological polar surface area (TPSA) is 65.6 Å². The van der Waals surface area contributed by atoms with Gasteiger partial charge in [-0.05, 0) is 28.8 Å². The van der Waals surface area contributed by atoms with Crippen LogP contribution in [0.3, 0.4) is 0 Å². The quantitative estimate of drug-likeness (QED) is 0.848. The molecule has 0 aromatic carbocycles. The third kappa shape index (κ3) is 3.21. The van der Waals surface area contributed by atoms with Crippen molar-refractivity contribution in [3.8, 4) is 0 Å². The normalized spacial score (nSPS) is 18.2. The summed E-state index contributed by atoms with van der Waals surface area (Å²) >= 11 is 3.31. The van der Waals surface area contributed by atoms with Crippen LogP contribution in [-0.4, -0.2) is 43.4 Å². The van der Waals surface area contributed by atoms with Gasteiger partial charge in [-0.3, -0.25) is 4.79 Å². The van der Waals surface area contributed by atoms with Gasteiger partial charge in [-0.2, -0.15) is 0 Å². The van der Waals surface area contributed by atoms with Crippen LogP contribution in [0, 0.1) is 0 Å². The van der Waals surface area contributed by atoms with Crippen LogP contribution < -0.4 is 5.32 Å². The SMILES string of the molecule is COCCn1c(C(=O)NCC2CCCO2)cc2oc(Br)cc21. The van der Waals surface area contributed by atoms with Crippen molar-refractivity contribution in [1.82, 2.24) is 9.88 Å². The predicted molar refractivity (Wildman–Crippen MR) is 85.1 cm³/mol. The second-order valence-electron chi connectivity index (χ2n) is 5.32. The minimum absolute atomic E-state index is 0.117. The maximum atomic E-state index is 12.5. The Hall–Kier alpha value is -1.31. The van der Waals surface area contributed by atoms with Crippen LogP contribution in [0.1, 0.15) is 23.3 Å². The maximum Gasteiger partial charge on any atom is 0.268 e. The molecule has 0 saturated carbocycles. The van der Waals surface area contributed by atoms with Crippen molar-refractivity contribution in [2.24, 2.45) is 0 Å². The lowest BCUT2D eigenvalue weighted by Crippen LogP contribution is -2.33. The van der Waals surface area contributed by atoms with E-state index in [4.69, 9.17) is 13.9 Å². The number of nitrogens with one attached hydrogen (secondary N) is 1. The minimum Gasteiger partial charge on any atom is -0.448 e. The summed E-state index contributed by atoms with van der Waals surface area (Å²) in [5, 5.41) is 2.94. The molecule has 1 aliphatic heterocycles. The van der Waals surface area contributed by atoms with E-state index in [2.05, 4.69) is 21.2 Å². The van der Waals surface area contributed by atoms with Gasteiger partial charge in [-0.15, -0.1) is 0 Å².